The summed E-state index contributed by atoms with van der Waals surface area (Å²) in [6, 6.07) is 4.10. The Morgan fingerprint density at radius 1 is 1.50 bits per heavy atom. The van der Waals surface area contributed by atoms with E-state index in [1.807, 2.05) is 6.07 Å². The summed E-state index contributed by atoms with van der Waals surface area (Å²) < 4.78 is 6.36. The molecule has 1 aromatic carbocycles. The molecule has 1 aliphatic heterocycles. The summed E-state index contributed by atoms with van der Waals surface area (Å²) in [5.74, 6) is 0.898. The van der Waals surface area contributed by atoms with E-state index in [4.69, 9.17) is 9.84 Å². The van der Waals surface area contributed by atoms with Gasteiger partial charge in [0.15, 0.2) is 0 Å². The monoisotopic (exact) mass is 285 g/mol. The summed E-state index contributed by atoms with van der Waals surface area (Å²) >= 11 is 3.59. The molecule has 0 spiro atoms. The molecule has 1 N–H and O–H groups in total. The molecule has 1 aromatic rings. The highest BCUT2D eigenvalue weighted by molar-refractivity contribution is 9.10. The average Bonchev–Trinajstić information content (AvgIpc) is 2.30. The molecule has 0 aromatic heterocycles. The second-order valence-corrected chi connectivity index (χ2v) is 4.76. The fourth-order valence-corrected chi connectivity index (χ4v) is 2.88. The molecule has 0 saturated carbocycles. The number of methoxy groups -OCH3 is 1. The Morgan fingerprint density at radius 2 is 2.31 bits per heavy atom. The lowest BCUT2D eigenvalue weighted by Gasteiger charge is -2.29. The first-order chi connectivity index (χ1) is 7.76. The number of aliphatic hydroxyl groups excluding tert-OH is 1. The van der Waals surface area contributed by atoms with Crippen molar-refractivity contribution in [3.8, 4) is 5.75 Å². The van der Waals surface area contributed by atoms with Gasteiger partial charge in [-0.05, 0) is 39.5 Å². The Hall–Kier alpha value is -0.580. The molecule has 0 aliphatic carbocycles. The molecule has 4 heteroatoms. The third-order valence-corrected chi connectivity index (χ3v) is 3.88. The molecule has 0 saturated heterocycles. The number of ether oxygens (including phenoxy) is 1. The molecule has 1 heterocycles. The lowest BCUT2D eigenvalue weighted by atomic mass is 9.99. The van der Waals surface area contributed by atoms with Crippen molar-refractivity contribution in [1.29, 1.82) is 0 Å². The van der Waals surface area contributed by atoms with E-state index in [9.17, 15) is 0 Å². The molecule has 2 rings (SSSR count). The van der Waals surface area contributed by atoms with Gasteiger partial charge in [-0.2, -0.15) is 0 Å². The highest BCUT2D eigenvalue weighted by Crippen LogP contribution is 2.33. The third-order valence-electron chi connectivity index (χ3n) is 3.01. The predicted octanol–water partition coefficient (Wildman–Crippen LogP) is 1.81. The van der Waals surface area contributed by atoms with Gasteiger partial charge in [0.1, 0.15) is 5.75 Å². The van der Waals surface area contributed by atoms with Crippen molar-refractivity contribution in [1.82, 2.24) is 4.90 Å². The van der Waals surface area contributed by atoms with Gasteiger partial charge in [0.05, 0.1) is 18.2 Å². The van der Waals surface area contributed by atoms with Gasteiger partial charge in [0.25, 0.3) is 0 Å². The van der Waals surface area contributed by atoms with Crippen molar-refractivity contribution >= 4 is 15.9 Å². The van der Waals surface area contributed by atoms with Crippen LogP contribution < -0.4 is 4.74 Å². The van der Waals surface area contributed by atoms with Gasteiger partial charge >= 0.3 is 0 Å². The number of hydrogen-bond acceptors (Lipinski definition) is 3. The zero-order valence-electron chi connectivity index (χ0n) is 9.37. The maximum atomic E-state index is 8.93. The van der Waals surface area contributed by atoms with Crippen LogP contribution in [-0.4, -0.2) is 36.8 Å². The van der Waals surface area contributed by atoms with Gasteiger partial charge < -0.3 is 9.84 Å². The maximum absolute atomic E-state index is 8.93. The van der Waals surface area contributed by atoms with E-state index in [1.54, 1.807) is 7.11 Å². The number of rotatable bonds is 3. The van der Waals surface area contributed by atoms with Crippen LogP contribution in [0.4, 0.5) is 0 Å². The maximum Gasteiger partial charge on any atom is 0.133 e. The number of hydrogen-bond donors (Lipinski definition) is 1. The van der Waals surface area contributed by atoms with Crippen molar-refractivity contribution in [2.45, 2.75) is 13.0 Å². The van der Waals surface area contributed by atoms with Gasteiger partial charge in [-0.3, -0.25) is 4.90 Å². The Kier molecular flexibility index (Phi) is 3.84. The molecular formula is C12H16BrNO2. The number of β-amino-alcohol motifs (C(OH)–C–C–N with tert-alkyl or cyclic N) is 1. The van der Waals surface area contributed by atoms with Crippen molar-refractivity contribution in [3.05, 3.63) is 27.7 Å². The Labute approximate surface area is 104 Å². The van der Waals surface area contributed by atoms with Crippen molar-refractivity contribution < 1.29 is 9.84 Å². The van der Waals surface area contributed by atoms with E-state index in [1.165, 1.54) is 11.1 Å². The Morgan fingerprint density at radius 3 is 3.00 bits per heavy atom. The number of benzene rings is 1. The first kappa shape index (κ1) is 11.9. The van der Waals surface area contributed by atoms with E-state index in [2.05, 4.69) is 26.9 Å². The number of aliphatic hydroxyl groups is 1. The summed E-state index contributed by atoms with van der Waals surface area (Å²) in [7, 11) is 1.69. The van der Waals surface area contributed by atoms with Crippen molar-refractivity contribution in [2.75, 3.05) is 26.8 Å². The second kappa shape index (κ2) is 5.17. The largest absolute Gasteiger partial charge is 0.496 e. The van der Waals surface area contributed by atoms with Crippen LogP contribution >= 0.6 is 15.9 Å². The lowest BCUT2D eigenvalue weighted by Crippen LogP contribution is -2.32. The van der Waals surface area contributed by atoms with Crippen LogP contribution in [0, 0.1) is 0 Å². The molecule has 0 atom stereocenters. The first-order valence-corrected chi connectivity index (χ1v) is 6.23. The van der Waals surface area contributed by atoms with Crippen LogP contribution in [0.5, 0.6) is 5.75 Å². The molecule has 0 fully saturated rings. The molecular weight excluding hydrogens is 270 g/mol. The zero-order chi connectivity index (χ0) is 11.5. The minimum atomic E-state index is 0.229. The van der Waals surface area contributed by atoms with Crippen molar-refractivity contribution in [2.24, 2.45) is 0 Å². The second-order valence-electron chi connectivity index (χ2n) is 3.97. The van der Waals surface area contributed by atoms with E-state index in [0.717, 1.165) is 36.3 Å². The van der Waals surface area contributed by atoms with Crippen LogP contribution in [0.25, 0.3) is 0 Å². The van der Waals surface area contributed by atoms with E-state index < -0.39 is 0 Å². The summed E-state index contributed by atoms with van der Waals surface area (Å²) in [5, 5.41) is 8.93. The Bertz CT molecular complexity index is 382. The Balaban J connectivity index is 2.24. The summed E-state index contributed by atoms with van der Waals surface area (Å²) in [5.41, 5.74) is 2.67. The molecule has 16 heavy (non-hydrogen) atoms. The van der Waals surface area contributed by atoms with E-state index in [0.29, 0.717) is 0 Å². The van der Waals surface area contributed by atoms with E-state index >= 15 is 0 Å². The van der Waals surface area contributed by atoms with Gasteiger partial charge in [0.2, 0.25) is 0 Å². The highest BCUT2D eigenvalue weighted by atomic mass is 79.9. The number of fused-ring (bicyclic) bond motifs is 1. The molecule has 1 aliphatic rings. The van der Waals surface area contributed by atoms with Crippen LogP contribution in [0.3, 0.4) is 0 Å². The molecule has 0 radical (unpaired) electrons. The fourth-order valence-electron chi connectivity index (χ4n) is 2.14. The van der Waals surface area contributed by atoms with Crippen LogP contribution in [0.2, 0.25) is 0 Å². The first-order valence-electron chi connectivity index (χ1n) is 5.43. The molecule has 0 amide bonds. The predicted molar refractivity (Wildman–Crippen MR) is 66.8 cm³/mol. The molecule has 3 nitrogen and oxygen atoms in total. The average molecular weight is 286 g/mol. The number of nitrogens with zero attached hydrogens (tertiary/aromatic N) is 1. The third kappa shape index (κ3) is 2.24. The van der Waals surface area contributed by atoms with Gasteiger partial charge in [0, 0.05) is 19.6 Å². The molecule has 0 unspecified atom stereocenters. The standard InChI is InChI=1S/C12H16BrNO2/c1-16-11-3-2-9-8-14(6-7-15)5-4-10(9)12(11)13/h2-3,15H,4-8H2,1H3. The summed E-state index contributed by atoms with van der Waals surface area (Å²) in [6.07, 6.45) is 1.01. The highest BCUT2D eigenvalue weighted by Gasteiger charge is 2.19. The van der Waals surface area contributed by atoms with Crippen molar-refractivity contribution in [3.63, 3.8) is 0 Å². The van der Waals surface area contributed by atoms with Gasteiger partial charge in [-0.15, -0.1) is 0 Å². The lowest BCUT2D eigenvalue weighted by molar-refractivity contribution is 0.184. The van der Waals surface area contributed by atoms with Crippen LogP contribution in [0.15, 0.2) is 16.6 Å². The summed E-state index contributed by atoms with van der Waals surface area (Å²) in [4.78, 5) is 2.27. The van der Waals surface area contributed by atoms with E-state index in [-0.39, 0.29) is 6.61 Å². The normalized spacial score (nSPS) is 15.9. The minimum Gasteiger partial charge on any atom is -0.496 e. The number of halogens is 1. The topological polar surface area (TPSA) is 32.7 Å². The van der Waals surface area contributed by atoms with Gasteiger partial charge in [-0.1, -0.05) is 6.07 Å². The fraction of sp³-hybridized carbons (Fsp3) is 0.500. The quantitative estimate of drug-likeness (QED) is 0.920. The van der Waals surface area contributed by atoms with Crippen LogP contribution in [0.1, 0.15) is 11.1 Å². The smallest absolute Gasteiger partial charge is 0.133 e. The molecule has 88 valence electrons. The minimum absolute atomic E-state index is 0.229. The van der Waals surface area contributed by atoms with Crippen LogP contribution in [-0.2, 0) is 13.0 Å². The summed E-state index contributed by atoms with van der Waals surface area (Å²) in [6.45, 7) is 2.90. The zero-order valence-corrected chi connectivity index (χ0v) is 11.0. The SMILES string of the molecule is COc1ccc2c(c1Br)CCN(CCO)C2. The molecule has 0 bridgehead atoms. The van der Waals surface area contributed by atoms with Gasteiger partial charge in [-0.25, -0.2) is 0 Å².